The lowest BCUT2D eigenvalue weighted by Gasteiger charge is -2.23. The van der Waals surface area contributed by atoms with Crippen molar-refractivity contribution in [2.45, 2.75) is 45.2 Å². The van der Waals surface area contributed by atoms with E-state index in [0.717, 1.165) is 24.4 Å². The molecule has 2 aliphatic rings. The summed E-state index contributed by atoms with van der Waals surface area (Å²) in [6, 6.07) is 7.46. The fourth-order valence-electron chi connectivity index (χ4n) is 3.49. The summed E-state index contributed by atoms with van der Waals surface area (Å²) in [7, 11) is 0. The van der Waals surface area contributed by atoms with Gasteiger partial charge >= 0.3 is 0 Å². The summed E-state index contributed by atoms with van der Waals surface area (Å²) in [6.45, 7) is 3.16. The average Bonchev–Trinajstić information content (AvgIpc) is 2.92. The molecule has 1 nitrogen and oxygen atoms in total. The monoisotopic (exact) mass is 293 g/mol. The van der Waals surface area contributed by atoms with Crippen LogP contribution in [0, 0.1) is 18.8 Å². The van der Waals surface area contributed by atoms with Crippen molar-refractivity contribution in [3.8, 4) is 0 Å². The van der Waals surface area contributed by atoms with Gasteiger partial charge in [0.1, 0.15) is 0 Å². The van der Waals surface area contributed by atoms with Gasteiger partial charge in [0, 0.05) is 17.1 Å². The number of benzene rings is 1. The Morgan fingerprint density at radius 2 is 2.18 bits per heavy atom. The smallest absolute Gasteiger partial charge is 0.0208 e. The number of fused-ring (bicyclic) bond motifs is 2. The van der Waals surface area contributed by atoms with Crippen LogP contribution in [-0.2, 0) is 6.54 Å². The van der Waals surface area contributed by atoms with E-state index in [-0.39, 0.29) is 0 Å². The second-order valence-electron chi connectivity index (χ2n) is 5.75. The summed E-state index contributed by atoms with van der Waals surface area (Å²) < 4.78 is 1.23. The van der Waals surface area contributed by atoms with Crippen molar-refractivity contribution in [1.29, 1.82) is 0 Å². The van der Waals surface area contributed by atoms with Gasteiger partial charge in [0.15, 0.2) is 0 Å². The maximum Gasteiger partial charge on any atom is 0.0208 e. The van der Waals surface area contributed by atoms with Crippen LogP contribution in [0.2, 0.25) is 0 Å². The molecule has 1 N–H and O–H groups in total. The van der Waals surface area contributed by atoms with Gasteiger partial charge in [-0.05, 0) is 55.2 Å². The van der Waals surface area contributed by atoms with Crippen LogP contribution in [0.25, 0.3) is 0 Å². The van der Waals surface area contributed by atoms with E-state index in [1.165, 1.54) is 41.3 Å². The largest absolute Gasteiger partial charge is 0.310 e. The van der Waals surface area contributed by atoms with Crippen molar-refractivity contribution in [1.82, 2.24) is 5.32 Å². The van der Waals surface area contributed by atoms with Gasteiger partial charge < -0.3 is 5.32 Å². The van der Waals surface area contributed by atoms with Crippen LogP contribution >= 0.6 is 15.9 Å². The minimum absolute atomic E-state index is 0.786. The van der Waals surface area contributed by atoms with Crippen molar-refractivity contribution in [2.24, 2.45) is 11.8 Å². The highest BCUT2D eigenvalue weighted by molar-refractivity contribution is 9.10. The quantitative estimate of drug-likeness (QED) is 0.887. The van der Waals surface area contributed by atoms with Crippen LogP contribution < -0.4 is 5.32 Å². The predicted molar refractivity (Wildman–Crippen MR) is 75.0 cm³/mol. The summed E-state index contributed by atoms with van der Waals surface area (Å²) in [5.74, 6) is 2.00. The number of hydrogen-bond donors (Lipinski definition) is 1. The fraction of sp³-hybridized carbons (Fsp3) is 0.600. The standard InChI is InChI=1S/C15H20BrN/c1-10-2-3-12(7-14(10)16)9-17-15-8-11-4-5-13(15)6-11/h2-3,7,11,13,15,17H,4-6,8-9H2,1H3. The molecule has 0 spiro atoms. The third-order valence-corrected chi connectivity index (χ3v) is 5.40. The first-order valence-corrected chi connectivity index (χ1v) is 7.50. The van der Waals surface area contributed by atoms with Crippen LogP contribution in [-0.4, -0.2) is 6.04 Å². The molecule has 2 aliphatic carbocycles. The Bertz CT molecular complexity index is 415. The van der Waals surface area contributed by atoms with Gasteiger partial charge in [-0.15, -0.1) is 0 Å². The van der Waals surface area contributed by atoms with Crippen molar-refractivity contribution in [3.63, 3.8) is 0 Å². The number of hydrogen-bond acceptors (Lipinski definition) is 1. The summed E-state index contributed by atoms with van der Waals surface area (Å²) in [4.78, 5) is 0. The summed E-state index contributed by atoms with van der Waals surface area (Å²) >= 11 is 3.60. The zero-order valence-corrected chi connectivity index (χ0v) is 12.0. The highest BCUT2D eigenvalue weighted by atomic mass is 79.9. The minimum atomic E-state index is 0.786. The highest BCUT2D eigenvalue weighted by Gasteiger charge is 2.38. The van der Waals surface area contributed by atoms with Crippen molar-refractivity contribution >= 4 is 15.9 Å². The third-order valence-electron chi connectivity index (χ3n) is 4.54. The molecule has 1 aromatic carbocycles. The molecular weight excluding hydrogens is 274 g/mol. The van der Waals surface area contributed by atoms with E-state index in [9.17, 15) is 0 Å². The second kappa shape index (κ2) is 4.74. The topological polar surface area (TPSA) is 12.0 Å². The van der Waals surface area contributed by atoms with Crippen molar-refractivity contribution in [2.75, 3.05) is 0 Å². The zero-order chi connectivity index (χ0) is 11.8. The molecule has 3 unspecified atom stereocenters. The van der Waals surface area contributed by atoms with Gasteiger partial charge in [-0.3, -0.25) is 0 Å². The Kier molecular flexibility index (Phi) is 3.27. The molecule has 1 aromatic rings. The highest BCUT2D eigenvalue weighted by Crippen LogP contribution is 2.44. The van der Waals surface area contributed by atoms with E-state index >= 15 is 0 Å². The molecule has 0 heterocycles. The van der Waals surface area contributed by atoms with Crippen LogP contribution in [0.15, 0.2) is 22.7 Å². The Morgan fingerprint density at radius 1 is 1.29 bits per heavy atom. The molecule has 0 saturated heterocycles. The van der Waals surface area contributed by atoms with E-state index in [1.54, 1.807) is 0 Å². The molecule has 2 fully saturated rings. The molecule has 2 saturated carbocycles. The van der Waals surface area contributed by atoms with Gasteiger partial charge in [-0.2, -0.15) is 0 Å². The molecule has 2 bridgehead atoms. The van der Waals surface area contributed by atoms with E-state index in [4.69, 9.17) is 0 Å². The van der Waals surface area contributed by atoms with E-state index < -0.39 is 0 Å². The van der Waals surface area contributed by atoms with E-state index in [2.05, 4.69) is 46.4 Å². The van der Waals surface area contributed by atoms with Crippen LogP contribution in [0.3, 0.4) is 0 Å². The minimum Gasteiger partial charge on any atom is -0.310 e. The normalized spacial score (nSPS) is 31.1. The Morgan fingerprint density at radius 3 is 2.82 bits per heavy atom. The van der Waals surface area contributed by atoms with E-state index in [0.29, 0.717) is 0 Å². The SMILES string of the molecule is Cc1ccc(CNC2CC3CCC2C3)cc1Br. The Hall–Kier alpha value is -0.340. The van der Waals surface area contributed by atoms with Crippen LogP contribution in [0.4, 0.5) is 0 Å². The number of nitrogens with one attached hydrogen (secondary N) is 1. The first-order valence-electron chi connectivity index (χ1n) is 6.71. The summed E-state index contributed by atoms with van der Waals surface area (Å²) in [6.07, 6.45) is 5.84. The molecule has 0 aliphatic heterocycles. The van der Waals surface area contributed by atoms with Crippen LogP contribution in [0.5, 0.6) is 0 Å². The molecular formula is C15H20BrN. The predicted octanol–water partition coefficient (Wildman–Crippen LogP) is 4.04. The molecule has 92 valence electrons. The van der Waals surface area contributed by atoms with Gasteiger partial charge in [0.2, 0.25) is 0 Å². The lowest BCUT2D eigenvalue weighted by atomic mass is 9.95. The summed E-state index contributed by atoms with van der Waals surface area (Å²) in [5, 5.41) is 3.76. The molecule has 0 amide bonds. The van der Waals surface area contributed by atoms with E-state index in [1.807, 2.05) is 0 Å². The molecule has 3 rings (SSSR count). The van der Waals surface area contributed by atoms with Gasteiger partial charge in [0.25, 0.3) is 0 Å². The summed E-state index contributed by atoms with van der Waals surface area (Å²) in [5.41, 5.74) is 2.71. The lowest BCUT2D eigenvalue weighted by Crippen LogP contribution is -2.33. The molecule has 2 heteroatoms. The maximum atomic E-state index is 3.76. The first kappa shape index (κ1) is 11.7. The second-order valence-corrected chi connectivity index (χ2v) is 6.60. The Labute approximate surface area is 112 Å². The molecule has 17 heavy (non-hydrogen) atoms. The number of halogens is 1. The average molecular weight is 294 g/mol. The van der Waals surface area contributed by atoms with Gasteiger partial charge in [-0.1, -0.05) is 34.5 Å². The maximum absolute atomic E-state index is 3.76. The lowest BCUT2D eigenvalue weighted by molar-refractivity contribution is 0.350. The van der Waals surface area contributed by atoms with Crippen molar-refractivity contribution < 1.29 is 0 Å². The molecule has 3 atom stereocenters. The van der Waals surface area contributed by atoms with Crippen LogP contribution in [0.1, 0.15) is 36.8 Å². The first-order chi connectivity index (χ1) is 8.22. The fourth-order valence-corrected chi connectivity index (χ4v) is 3.92. The van der Waals surface area contributed by atoms with Gasteiger partial charge in [0.05, 0.1) is 0 Å². The zero-order valence-electron chi connectivity index (χ0n) is 10.4. The Balaban J connectivity index is 1.59. The molecule has 0 radical (unpaired) electrons. The van der Waals surface area contributed by atoms with Crippen molar-refractivity contribution in [3.05, 3.63) is 33.8 Å². The number of aryl methyl sites for hydroxylation is 1. The third kappa shape index (κ3) is 2.43. The van der Waals surface area contributed by atoms with Gasteiger partial charge in [-0.25, -0.2) is 0 Å². The number of rotatable bonds is 3. The molecule has 0 aromatic heterocycles.